The van der Waals surface area contributed by atoms with Gasteiger partial charge in [0.1, 0.15) is 11.4 Å². The largest absolute Gasteiger partial charge is 0.334 e. The number of aromatic nitrogens is 4. The molecule has 2 aromatic heterocycles. The van der Waals surface area contributed by atoms with Crippen LogP contribution >= 0.6 is 0 Å². The molecule has 0 radical (unpaired) electrons. The van der Waals surface area contributed by atoms with Crippen LogP contribution in [0.2, 0.25) is 0 Å². The molecule has 0 aliphatic carbocycles. The van der Waals surface area contributed by atoms with E-state index in [0.717, 1.165) is 0 Å². The topological polar surface area (TPSA) is 98.0 Å². The molecule has 0 aromatic carbocycles. The van der Waals surface area contributed by atoms with Gasteiger partial charge >= 0.3 is 0 Å². The van der Waals surface area contributed by atoms with Crippen molar-refractivity contribution in [1.82, 2.24) is 30.2 Å². The Hall–Kier alpha value is -2.64. The van der Waals surface area contributed by atoms with Crippen molar-refractivity contribution in [2.75, 3.05) is 19.6 Å². The van der Waals surface area contributed by atoms with Crippen molar-refractivity contribution in [2.24, 2.45) is 0 Å². The third-order valence-corrected chi connectivity index (χ3v) is 3.64. The number of carbonyl (C=O) groups is 2. The molecule has 2 amide bonds. The maximum atomic E-state index is 12.3. The number of H-pyrrole nitrogens is 2. The van der Waals surface area contributed by atoms with E-state index in [0.29, 0.717) is 31.0 Å². The van der Waals surface area contributed by atoms with Crippen LogP contribution in [0.3, 0.4) is 0 Å². The number of rotatable bonds is 2. The Bertz CT molecular complexity index is 621. The SMILES string of the molecule is C[C@H]1CN(C(=O)c2ccn[nH]2)CCN1C(=O)c1ccn[nH]1. The van der Waals surface area contributed by atoms with Crippen LogP contribution in [0.15, 0.2) is 24.5 Å². The Morgan fingerprint density at radius 3 is 2.24 bits per heavy atom. The van der Waals surface area contributed by atoms with E-state index in [1.165, 1.54) is 0 Å². The molecular weight excluding hydrogens is 272 g/mol. The average Bonchev–Trinajstić information content (AvgIpc) is 3.18. The van der Waals surface area contributed by atoms with Gasteiger partial charge in [-0.1, -0.05) is 0 Å². The van der Waals surface area contributed by atoms with Gasteiger partial charge < -0.3 is 9.80 Å². The van der Waals surface area contributed by atoms with Gasteiger partial charge in [0, 0.05) is 38.1 Å². The Morgan fingerprint density at radius 2 is 1.71 bits per heavy atom. The van der Waals surface area contributed by atoms with Crippen molar-refractivity contribution in [1.29, 1.82) is 0 Å². The van der Waals surface area contributed by atoms with E-state index in [2.05, 4.69) is 20.4 Å². The zero-order chi connectivity index (χ0) is 14.8. The standard InChI is InChI=1S/C13H16N6O2/c1-9-8-18(12(20)10-2-4-14-16-10)6-7-19(9)13(21)11-3-5-15-17-11/h2-5,9H,6-8H2,1H3,(H,14,16)(H,15,17)/t9-/m0/s1. The molecule has 21 heavy (non-hydrogen) atoms. The highest BCUT2D eigenvalue weighted by molar-refractivity contribution is 5.94. The van der Waals surface area contributed by atoms with Crippen LogP contribution in [-0.2, 0) is 0 Å². The van der Waals surface area contributed by atoms with Crippen LogP contribution in [0.5, 0.6) is 0 Å². The normalized spacial score (nSPS) is 18.8. The first-order valence-corrected chi connectivity index (χ1v) is 6.76. The summed E-state index contributed by atoms with van der Waals surface area (Å²) in [7, 11) is 0. The van der Waals surface area contributed by atoms with Crippen molar-refractivity contribution >= 4 is 11.8 Å². The second-order valence-electron chi connectivity index (χ2n) is 5.04. The third kappa shape index (κ3) is 2.51. The molecule has 1 saturated heterocycles. The van der Waals surface area contributed by atoms with Crippen molar-refractivity contribution in [3.05, 3.63) is 35.9 Å². The van der Waals surface area contributed by atoms with Gasteiger partial charge in [-0.15, -0.1) is 0 Å². The molecule has 2 aromatic rings. The Balaban J connectivity index is 1.67. The van der Waals surface area contributed by atoms with Gasteiger partial charge in [-0.05, 0) is 19.1 Å². The molecule has 3 heterocycles. The van der Waals surface area contributed by atoms with E-state index in [-0.39, 0.29) is 17.9 Å². The number of amides is 2. The molecular formula is C13H16N6O2. The highest BCUT2D eigenvalue weighted by Crippen LogP contribution is 2.14. The first-order chi connectivity index (χ1) is 10.2. The summed E-state index contributed by atoms with van der Waals surface area (Å²) >= 11 is 0. The van der Waals surface area contributed by atoms with Gasteiger partial charge in [0.15, 0.2) is 0 Å². The third-order valence-electron chi connectivity index (χ3n) is 3.64. The van der Waals surface area contributed by atoms with Gasteiger partial charge in [0.25, 0.3) is 11.8 Å². The van der Waals surface area contributed by atoms with Crippen LogP contribution < -0.4 is 0 Å². The smallest absolute Gasteiger partial charge is 0.272 e. The fourth-order valence-corrected chi connectivity index (χ4v) is 2.52. The van der Waals surface area contributed by atoms with Crippen LogP contribution in [-0.4, -0.2) is 67.7 Å². The van der Waals surface area contributed by atoms with Crippen LogP contribution in [0, 0.1) is 0 Å². The summed E-state index contributed by atoms with van der Waals surface area (Å²) in [5.41, 5.74) is 0.936. The summed E-state index contributed by atoms with van der Waals surface area (Å²) in [6.07, 6.45) is 3.10. The maximum Gasteiger partial charge on any atom is 0.272 e. The van der Waals surface area contributed by atoms with Crippen LogP contribution in [0.1, 0.15) is 27.9 Å². The van der Waals surface area contributed by atoms with E-state index >= 15 is 0 Å². The second-order valence-corrected chi connectivity index (χ2v) is 5.04. The minimum Gasteiger partial charge on any atom is -0.334 e. The van der Waals surface area contributed by atoms with Crippen LogP contribution in [0.4, 0.5) is 0 Å². The fourth-order valence-electron chi connectivity index (χ4n) is 2.52. The predicted octanol–water partition coefficient (Wildman–Crippen LogP) is 0.119. The molecule has 2 N–H and O–H groups in total. The first kappa shape index (κ1) is 13.3. The molecule has 8 nitrogen and oxygen atoms in total. The Morgan fingerprint density at radius 1 is 1.10 bits per heavy atom. The van der Waals surface area contributed by atoms with Crippen molar-refractivity contribution < 1.29 is 9.59 Å². The molecule has 0 spiro atoms. The lowest BCUT2D eigenvalue weighted by Gasteiger charge is -2.39. The molecule has 0 saturated carbocycles. The lowest BCUT2D eigenvalue weighted by Crippen LogP contribution is -2.55. The van der Waals surface area contributed by atoms with Gasteiger partial charge in [0.05, 0.1) is 0 Å². The van der Waals surface area contributed by atoms with Gasteiger partial charge in [-0.3, -0.25) is 19.8 Å². The van der Waals surface area contributed by atoms with E-state index in [9.17, 15) is 9.59 Å². The highest BCUT2D eigenvalue weighted by Gasteiger charge is 2.31. The number of carbonyl (C=O) groups excluding carboxylic acids is 2. The lowest BCUT2D eigenvalue weighted by atomic mass is 10.1. The Kier molecular flexibility index (Phi) is 3.43. The summed E-state index contributed by atoms with van der Waals surface area (Å²) in [6.45, 7) is 3.43. The summed E-state index contributed by atoms with van der Waals surface area (Å²) in [5, 5.41) is 12.9. The fraction of sp³-hybridized carbons (Fsp3) is 0.385. The van der Waals surface area contributed by atoms with E-state index in [4.69, 9.17) is 0 Å². The second kappa shape index (κ2) is 5.39. The van der Waals surface area contributed by atoms with Crippen LogP contribution in [0.25, 0.3) is 0 Å². The molecule has 1 aliphatic rings. The number of piperazine rings is 1. The summed E-state index contributed by atoms with van der Waals surface area (Å²) in [5.74, 6) is -0.179. The molecule has 110 valence electrons. The summed E-state index contributed by atoms with van der Waals surface area (Å²) in [4.78, 5) is 28.0. The monoisotopic (exact) mass is 288 g/mol. The molecule has 1 atom stereocenters. The number of nitrogens with zero attached hydrogens (tertiary/aromatic N) is 4. The maximum absolute atomic E-state index is 12.3. The molecule has 3 rings (SSSR count). The zero-order valence-electron chi connectivity index (χ0n) is 11.6. The molecule has 0 unspecified atom stereocenters. The lowest BCUT2D eigenvalue weighted by molar-refractivity contribution is 0.0408. The summed E-state index contributed by atoms with van der Waals surface area (Å²) < 4.78 is 0. The van der Waals surface area contributed by atoms with Crippen molar-refractivity contribution in [3.63, 3.8) is 0 Å². The van der Waals surface area contributed by atoms with E-state index in [1.807, 2.05) is 6.92 Å². The predicted molar refractivity (Wildman–Crippen MR) is 73.6 cm³/mol. The average molecular weight is 288 g/mol. The Labute approximate surface area is 121 Å². The number of hydrogen-bond donors (Lipinski definition) is 2. The first-order valence-electron chi connectivity index (χ1n) is 6.76. The quantitative estimate of drug-likeness (QED) is 0.820. The number of hydrogen-bond acceptors (Lipinski definition) is 4. The summed E-state index contributed by atoms with van der Waals surface area (Å²) in [6, 6.07) is 3.24. The molecule has 8 heteroatoms. The van der Waals surface area contributed by atoms with Crippen molar-refractivity contribution in [2.45, 2.75) is 13.0 Å². The van der Waals surface area contributed by atoms with Gasteiger partial charge in [-0.25, -0.2) is 0 Å². The van der Waals surface area contributed by atoms with E-state index < -0.39 is 0 Å². The number of nitrogens with one attached hydrogen (secondary N) is 2. The van der Waals surface area contributed by atoms with E-state index in [1.54, 1.807) is 34.3 Å². The minimum absolute atomic E-state index is 0.0542. The minimum atomic E-state index is -0.0898. The van der Waals surface area contributed by atoms with Gasteiger partial charge in [0.2, 0.25) is 0 Å². The molecule has 1 aliphatic heterocycles. The van der Waals surface area contributed by atoms with Crippen molar-refractivity contribution in [3.8, 4) is 0 Å². The molecule has 0 bridgehead atoms. The van der Waals surface area contributed by atoms with Gasteiger partial charge in [-0.2, -0.15) is 10.2 Å². The highest BCUT2D eigenvalue weighted by atomic mass is 16.2. The zero-order valence-corrected chi connectivity index (χ0v) is 11.6. The number of aromatic amines is 2. The molecule has 1 fully saturated rings.